The van der Waals surface area contributed by atoms with Crippen LogP contribution in [0.3, 0.4) is 0 Å². The lowest BCUT2D eigenvalue weighted by molar-refractivity contribution is 0.153. The first kappa shape index (κ1) is 13.9. The zero-order valence-corrected chi connectivity index (χ0v) is 10.1. The number of hydrogen-bond acceptors (Lipinski definition) is 5. The van der Waals surface area contributed by atoms with Crippen LogP contribution >= 0.6 is 0 Å². The van der Waals surface area contributed by atoms with Gasteiger partial charge in [-0.3, -0.25) is 4.84 Å². The number of hydrogen-bond donors (Lipinski definition) is 1. The molecule has 1 N–H and O–H groups in total. The van der Waals surface area contributed by atoms with E-state index in [-0.39, 0.29) is 17.4 Å². The third-order valence-corrected chi connectivity index (χ3v) is 2.54. The van der Waals surface area contributed by atoms with Gasteiger partial charge in [0.2, 0.25) is 0 Å². The normalized spacial score (nSPS) is 12.7. The molecule has 0 radical (unpaired) electrons. The van der Waals surface area contributed by atoms with Crippen molar-refractivity contribution in [1.82, 2.24) is 5.32 Å². The van der Waals surface area contributed by atoms with E-state index in [2.05, 4.69) is 15.3 Å². The zero-order valence-electron chi connectivity index (χ0n) is 9.27. The molecule has 0 heterocycles. The van der Waals surface area contributed by atoms with E-state index in [4.69, 9.17) is 0 Å². The van der Waals surface area contributed by atoms with Gasteiger partial charge in [0.05, 0.1) is 0 Å². The molecule has 1 amide bonds. The number of nitrogens with zero attached hydrogens (tertiary/aromatic N) is 1. The van der Waals surface area contributed by atoms with E-state index in [9.17, 15) is 13.2 Å². The van der Waals surface area contributed by atoms with Crippen molar-refractivity contribution in [1.29, 1.82) is 0 Å². The topological polar surface area (TPSA) is 84.8 Å². The van der Waals surface area contributed by atoms with Crippen LogP contribution in [-0.2, 0) is 14.7 Å². The molecule has 0 unspecified atom stereocenters. The van der Waals surface area contributed by atoms with Crippen LogP contribution in [0.5, 0.6) is 0 Å². The average Bonchev–Trinajstić information content (AvgIpc) is 2.09. The van der Waals surface area contributed by atoms with E-state index in [0.717, 1.165) is 6.26 Å². The van der Waals surface area contributed by atoms with Crippen LogP contribution in [0.2, 0.25) is 0 Å². The number of carbonyl (C=O) groups is 1. The first-order chi connectivity index (χ1) is 6.77. The minimum Gasteiger partial charge on any atom is -0.323 e. The highest BCUT2D eigenvalue weighted by Crippen LogP contribution is 2.06. The maximum Gasteiger partial charge on any atom is 0.433 e. The molecule has 0 aliphatic carbocycles. The van der Waals surface area contributed by atoms with Gasteiger partial charge >= 0.3 is 6.09 Å². The van der Waals surface area contributed by atoms with E-state index in [1.165, 1.54) is 7.05 Å². The molecule has 0 aromatic rings. The highest BCUT2D eigenvalue weighted by atomic mass is 32.2. The number of nitrogens with one attached hydrogen (secondary N) is 1. The maximum absolute atomic E-state index is 11.2. The lowest BCUT2D eigenvalue weighted by Crippen LogP contribution is -2.20. The molecule has 0 fully saturated rings. The molecule has 0 saturated heterocycles. The number of oxime groups is 1. The molecule has 88 valence electrons. The quantitative estimate of drug-likeness (QED) is 0.339. The first-order valence-electron chi connectivity index (χ1n) is 4.43. The molecular formula is C8H16N2O4S. The third kappa shape index (κ3) is 6.05. The summed E-state index contributed by atoms with van der Waals surface area (Å²) in [4.78, 5) is 15.0. The van der Waals surface area contributed by atoms with Crippen molar-refractivity contribution in [2.45, 2.75) is 20.3 Å². The molecule has 0 rings (SSSR count). The molecule has 6 nitrogen and oxygen atoms in total. The van der Waals surface area contributed by atoms with Crippen molar-refractivity contribution in [3.63, 3.8) is 0 Å². The van der Waals surface area contributed by atoms with Gasteiger partial charge in [-0.25, -0.2) is 13.2 Å². The van der Waals surface area contributed by atoms with Crippen LogP contribution in [0.25, 0.3) is 0 Å². The molecule has 0 saturated carbocycles. The second-order valence-corrected chi connectivity index (χ2v) is 5.50. The number of amides is 1. The van der Waals surface area contributed by atoms with E-state index >= 15 is 0 Å². The predicted octanol–water partition coefficient (Wildman–Crippen LogP) is 0.747. The van der Waals surface area contributed by atoms with Gasteiger partial charge in [0.1, 0.15) is 0 Å². The first-order valence-corrected chi connectivity index (χ1v) is 6.32. The van der Waals surface area contributed by atoms with E-state index in [1.54, 1.807) is 0 Å². The fourth-order valence-corrected chi connectivity index (χ4v) is 1.55. The largest absolute Gasteiger partial charge is 0.433 e. The molecule has 0 aromatic carbocycles. The number of carbonyl (C=O) groups excluding carboxylic acids is 1. The van der Waals surface area contributed by atoms with Gasteiger partial charge in [0, 0.05) is 19.7 Å². The standard InChI is InChI=1S/C8H16N2O4S/c1-6(2)5-7(15(4,12)13)10-14-8(11)9-3/h6H,5H2,1-4H3,(H,9,11). The Hall–Kier alpha value is -1.11. The second-order valence-electron chi connectivity index (χ2n) is 3.48. The summed E-state index contributed by atoms with van der Waals surface area (Å²) in [5.74, 6) is 0.117. The Morgan fingerprint density at radius 1 is 1.47 bits per heavy atom. The van der Waals surface area contributed by atoms with E-state index in [0.29, 0.717) is 0 Å². The molecule has 7 heteroatoms. The van der Waals surface area contributed by atoms with Crippen molar-refractivity contribution < 1.29 is 18.0 Å². The van der Waals surface area contributed by atoms with Crippen LogP contribution in [0.4, 0.5) is 4.79 Å². The highest BCUT2D eigenvalue weighted by molar-refractivity contribution is 8.05. The SMILES string of the molecule is CNC(=O)ON=C(CC(C)C)S(C)(=O)=O. The lowest BCUT2D eigenvalue weighted by atomic mass is 10.1. The van der Waals surface area contributed by atoms with Crippen LogP contribution in [0.15, 0.2) is 5.16 Å². The summed E-state index contributed by atoms with van der Waals surface area (Å²) in [7, 11) is -2.06. The number of sulfone groups is 1. The molecule has 15 heavy (non-hydrogen) atoms. The van der Waals surface area contributed by atoms with Gasteiger partial charge in [-0.05, 0) is 5.92 Å². The van der Waals surface area contributed by atoms with Gasteiger partial charge in [0.25, 0.3) is 0 Å². The smallest absolute Gasteiger partial charge is 0.323 e. The van der Waals surface area contributed by atoms with Crippen LogP contribution in [0, 0.1) is 5.92 Å². The lowest BCUT2D eigenvalue weighted by Gasteiger charge is -2.05. The molecule has 0 bridgehead atoms. The van der Waals surface area contributed by atoms with Gasteiger partial charge in [-0.15, -0.1) is 0 Å². The fourth-order valence-electron chi connectivity index (χ4n) is 0.744. The molecule has 0 aliphatic rings. The molecule has 0 atom stereocenters. The van der Waals surface area contributed by atoms with Gasteiger partial charge in [0.15, 0.2) is 14.9 Å². The molecule has 0 aliphatic heterocycles. The summed E-state index contributed by atoms with van der Waals surface area (Å²) in [6.45, 7) is 3.70. The summed E-state index contributed by atoms with van der Waals surface area (Å²) in [6, 6.07) is 0. The van der Waals surface area contributed by atoms with Crippen molar-refractivity contribution in [3.05, 3.63) is 0 Å². The Morgan fingerprint density at radius 3 is 2.33 bits per heavy atom. The van der Waals surface area contributed by atoms with Crippen LogP contribution < -0.4 is 5.32 Å². The Bertz CT molecular complexity index is 346. The van der Waals surface area contributed by atoms with Crippen molar-refractivity contribution in [3.8, 4) is 0 Å². The monoisotopic (exact) mass is 236 g/mol. The van der Waals surface area contributed by atoms with Crippen LogP contribution in [0.1, 0.15) is 20.3 Å². The van der Waals surface area contributed by atoms with E-state index < -0.39 is 15.9 Å². The summed E-state index contributed by atoms with van der Waals surface area (Å²) >= 11 is 0. The van der Waals surface area contributed by atoms with Crippen LogP contribution in [-0.4, -0.2) is 32.9 Å². The number of rotatable bonds is 3. The second kappa shape index (κ2) is 5.69. The summed E-state index contributed by atoms with van der Waals surface area (Å²) < 4.78 is 22.5. The fraction of sp³-hybridized carbons (Fsp3) is 0.750. The predicted molar refractivity (Wildman–Crippen MR) is 57.3 cm³/mol. The Balaban J connectivity index is 4.72. The molecular weight excluding hydrogens is 220 g/mol. The third-order valence-electron chi connectivity index (χ3n) is 1.45. The molecule has 0 aromatic heterocycles. The molecule has 0 spiro atoms. The van der Waals surface area contributed by atoms with E-state index in [1.807, 2.05) is 13.8 Å². The Kier molecular flexibility index (Phi) is 5.27. The summed E-state index contributed by atoms with van der Waals surface area (Å²) in [5.41, 5.74) is 0. The minimum absolute atomic E-state index is 0.117. The summed E-state index contributed by atoms with van der Waals surface area (Å²) in [6.07, 6.45) is 0.483. The van der Waals surface area contributed by atoms with Crippen molar-refractivity contribution in [2.24, 2.45) is 11.1 Å². The summed E-state index contributed by atoms with van der Waals surface area (Å²) in [5, 5.41) is 5.36. The zero-order chi connectivity index (χ0) is 12.1. The van der Waals surface area contributed by atoms with Crippen molar-refractivity contribution in [2.75, 3.05) is 13.3 Å². The van der Waals surface area contributed by atoms with Gasteiger partial charge in [-0.1, -0.05) is 19.0 Å². The van der Waals surface area contributed by atoms with Gasteiger partial charge < -0.3 is 5.32 Å². The van der Waals surface area contributed by atoms with Gasteiger partial charge in [-0.2, -0.15) is 0 Å². The van der Waals surface area contributed by atoms with Crippen molar-refractivity contribution >= 4 is 21.0 Å². The minimum atomic E-state index is -3.42. The maximum atomic E-state index is 11.2. The Labute approximate surface area is 89.6 Å². The average molecular weight is 236 g/mol. The highest BCUT2D eigenvalue weighted by Gasteiger charge is 2.16. The Morgan fingerprint density at radius 2 is 2.00 bits per heavy atom.